The molecule has 0 amide bonds. The van der Waals surface area contributed by atoms with Crippen molar-refractivity contribution in [2.24, 2.45) is 0 Å². The summed E-state index contributed by atoms with van der Waals surface area (Å²) in [5, 5.41) is 4.84. The van der Waals surface area contributed by atoms with E-state index in [2.05, 4.69) is 21.1 Å². The van der Waals surface area contributed by atoms with Gasteiger partial charge in [-0.15, -0.1) is 0 Å². The van der Waals surface area contributed by atoms with Gasteiger partial charge in [0.1, 0.15) is 0 Å². The number of aromatic nitrogens is 2. The van der Waals surface area contributed by atoms with Crippen molar-refractivity contribution in [1.29, 1.82) is 0 Å². The molecule has 2 aromatic carbocycles. The molecule has 0 spiro atoms. The normalized spacial score (nSPS) is 18.1. The van der Waals surface area contributed by atoms with Crippen molar-refractivity contribution >= 4 is 17.3 Å². The van der Waals surface area contributed by atoms with Crippen LogP contribution in [0.4, 0.5) is 5.69 Å². The van der Waals surface area contributed by atoms with E-state index in [-0.39, 0.29) is 5.92 Å². The Morgan fingerprint density at radius 3 is 2.85 bits per heavy atom. The van der Waals surface area contributed by atoms with Crippen molar-refractivity contribution in [3.05, 3.63) is 65.0 Å². The van der Waals surface area contributed by atoms with Gasteiger partial charge in [0.05, 0.1) is 5.92 Å². The summed E-state index contributed by atoms with van der Waals surface area (Å²) in [6.45, 7) is 2.88. The van der Waals surface area contributed by atoms with Crippen LogP contribution in [0.5, 0.6) is 0 Å². The first kappa shape index (κ1) is 17.1. The lowest BCUT2D eigenvalue weighted by Crippen LogP contribution is -2.34. The van der Waals surface area contributed by atoms with Crippen LogP contribution < -0.4 is 5.73 Å². The maximum absolute atomic E-state index is 5.94. The molecule has 1 saturated heterocycles. The van der Waals surface area contributed by atoms with E-state index < -0.39 is 0 Å². The van der Waals surface area contributed by atoms with Gasteiger partial charge < -0.3 is 10.3 Å². The van der Waals surface area contributed by atoms with Gasteiger partial charge in [-0.3, -0.25) is 4.90 Å². The fraction of sp³-hybridized carbons (Fsp3) is 0.300. The van der Waals surface area contributed by atoms with Crippen LogP contribution in [0.1, 0.15) is 30.2 Å². The lowest BCUT2D eigenvalue weighted by molar-refractivity contribution is 0.180. The highest BCUT2D eigenvalue weighted by molar-refractivity contribution is 6.30. The van der Waals surface area contributed by atoms with Crippen molar-refractivity contribution in [3.63, 3.8) is 0 Å². The Kier molecular flexibility index (Phi) is 4.91. The standard InChI is InChI=1S/C20H21ClN4O/c21-17-8-6-15(7-9-17)19-23-20(26-24-19)16-4-2-10-25(13-16)12-14-3-1-5-18(22)11-14/h1,3,5-9,11,16H,2,4,10,12-13,22H2. The number of hydrogen-bond acceptors (Lipinski definition) is 5. The van der Waals surface area contributed by atoms with Gasteiger partial charge in [-0.25, -0.2) is 0 Å². The van der Waals surface area contributed by atoms with Crippen LogP contribution in [0.25, 0.3) is 11.4 Å². The number of piperidine rings is 1. The van der Waals surface area contributed by atoms with E-state index >= 15 is 0 Å². The lowest BCUT2D eigenvalue weighted by atomic mass is 9.97. The summed E-state index contributed by atoms with van der Waals surface area (Å²) >= 11 is 5.94. The maximum Gasteiger partial charge on any atom is 0.231 e. The minimum Gasteiger partial charge on any atom is -0.399 e. The van der Waals surface area contributed by atoms with Gasteiger partial charge >= 0.3 is 0 Å². The van der Waals surface area contributed by atoms with Gasteiger partial charge in [0.2, 0.25) is 11.7 Å². The SMILES string of the molecule is Nc1cccc(CN2CCCC(c3nc(-c4ccc(Cl)cc4)no3)C2)c1. The van der Waals surface area contributed by atoms with Crippen molar-refractivity contribution in [2.45, 2.75) is 25.3 Å². The first-order valence-electron chi connectivity index (χ1n) is 8.84. The molecule has 1 aromatic heterocycles. The summed E-state index contributed by atoms with van der Waals surface area (Å²) in [4.78, 5) is 7.05. The van der Waals surface area contributed by atoms with Crippen molar-refractivity contribution in [1.82, 2.24) is 15.0 Å². The molecule has 1 fully saturated rings. The minimum absolute atomic E-state index is 0.262. The fourth-order valence-electron chi connectivity index (χ4n) is 3.47. The second kappa shape index (κ2) is 7.48. The third kappa shape index (κ3) is 3.89. The Bertz CT molecular complexity index is 878. The van der Waals surface area contributed by atoms with Crippen LogP contribution in [0, 0.1) is 0 Å². The number of halogens is 1. The van der Waals surface area contributed by atoms with Gasteiger partial charge in [0.25, 0.3) is 0 Å². The van der Waals surface area contributed by atoms with Crippen LogP contribution in [0.2, 0.25) is 5.02 Å². The molecule has 0 bridgehead atoms. The van der Waals surface area contributed by atoms with Gasteiger partial charge in [-0.1, -0.05) is 28.9 Å². The molecule has 4 rings (SSSR count). The molecular weight excluding hydrogens is 348 g/mol. The average molecular weight is 369 g/mol. The summed E-state index contributed by atoms with van der Waals surface area (Å²) in [6, 6.07) is 15.6. The zero-order valence-electron chi connectivity index (χ0n) is 14.4. The molecule has 26 heavy (non-hydrogen) atoms. The molecule has 2 heterocycles. The molecule has 2 N–H and O–H groups in total. The van der Waals surface area contributed by atoms with E-state index in [9.17, 15) is 0 Å². The molecule has 1 aliphatic rings. The predicted octanol–water partition coefficient (Wildman–Crippen LogP) is 4.35. The largest absolute Gasteiger partial charge is 0.399 e. The number of nitrogens with zero attached hydrogens (tertiary/aromatic N) is 3. The van der Waals surface area contributed by atoms with E-state index in [0.29, 0.717) is 16.7 Å². The first-order valence-corrected chi connectivity index (χ1v) is 9.21. The van der Waals surface area contributed by atoms with Gasteiger partial charge in [-0.2, -0.15) is 4.98 Å². The quantitative estimate of drug-likeness (QED) is 0.693. The third-order valence-electron chi connectivity index (χ3n) is 4.76. The summed E-state index contributed by atoms with van der Waals surface area (Å²) in [6.07, 6.45) is 2.18. The Labute approximate surface area is 157 Å². The Morgan fingerprint density at radius 2 is 2.04 bits per heavy atom. The Morgan fingerprint density at radius 1 is 1.19 bits per heavy atom. The highest BCUT2D eigenvalue weighted by atomic mass is 35.5. The number of likely N-dealkylation sites (tertiary alicyclic amines) is 1. The van der Waals surface area contributed by atoms with Gasteiger partial charge in [0.15, 0.2) is 0 Å². The molecule has 6 heteroatoms. The van der Waals surface area contributed by atoms with Gasteiger partial charge in [0, 0.05) is 29.4 Å². The molecule has 0 saturated carbocycles. The zero-order valence-corrected chi connectivity index (χ0v) is 15.2. The topological polar surface area (TPSA) is 68.2 Å². The number of hydrogen-bond donors (Lipinski definition) is 1. The fourth-order valence-corrected chi connectivity index (χ4v) is 3.59. The Hall–Kier alpha value is -2.37. The number of rotatable bonds is 4. The van der Waals surface area contributed by atoms with Crippen LogP contribution in [0.15, 0.2) is 53.1 Å². The average Bonchev–Trinajstić information content (AvgIpc) is 3.13. The Balaban J connectivity index is 1.45. The van der Waals surface area contributed by atoms with E-state index in [1.54, 1.807) is 0 Å². The van der Waals surface area contributed by atoms with Crippen molar-refractivity contribution in [3.8, 4) is 11.4 Å². The zero-order chi connectivity index (χ0) is 17.9. The summed E-state index contributed by atoms with van der Waals surface area (Å²) in [5.41, 5.74) is 8.84. The number of nitrogens with two attached hydrogens (primary N) is 1. The molecule has 1 unspecified atom stereocenters. The molecular formula is C20H21ClN4O. The molecule has 1 aliphatic heterocycles. The van der Waals surface area contributed by atoms with Crippen molar-refractivity contribution in [2.75, 3.05) is 18.8 Å². The molecule has 134 valence electrons. The van der Waals surface area contributed by atoms with Gasteiger partial charge in [-0.05, 0) is 61.3 Å². The minimum atomic E-state index is 0.262. The smallest absolute Gasteiger partial charge is 0.231 e. The van der Waals surface area contributed by atoms with Crippen LogP contribution in [0.3, 0.4) is 0 Å². The van der Waals surface area contributed by atoms with E-state index in [1.807, 2.05) is 42.5 Å². The number of benzene rings is 2. The third-order valence-corrected chi connectivity index (χ3v) is 5.01. The highest BCUT2D eigenvalue weighted by Crippen LogP contribution is 2.28. The van der Waals surface area contributed by atoms with E-state index in [0.717, 1.165) is 43.7 Å². The predicted molar refractivity (Wildman–Crippen MR) is 103 cm³/mol. The first-order chi connectivity index (χ1) is 12.7. The highest BCUT2D eigenvalue weighted by Gasteiger charge is 2.26. The number of nitrogen functional groups attached to an aromatic ring is 1. The molecule has 0 radical (unpaired) electrons. The number of anilines is 1. The van der Waals surface area contributed by atoms with Crippen LogP contribution >= 0.6 is 11.6 Å². The monoisotopic (exact) mass is 368 g/mol. The van der Waals surface area contributed by atoms with Crippen LogP contribution in [-0.4, -0.2) is 28.1 Å². The molecule has 0 aliphatic carbocycles. The summed E-state index contributed by atoms with van der Waals surface area (Å²) < 4.78 is 5.57. The molecule has 3 aromatic rings. The summed E-state index contributed by atoms with van der Waals surface area (Å²) in [7, 11) is 0. The second-order valence-corrected chi connectivity index (χ2v) is 7.22. The maximum atomic E-state index is 5.94. The second-order valence-electron chi connectivity index (χ2n) is 6.78. The summed E-state index contributed by atoms with van der Waals surface area (Å²) in [5.74, 6) is 1.59. The van der Waals surface area contributed by atoms with Crippen LogP contribution in [-0.2, 0) is 6.54 Å². The van der Waals surface area contributed by atoms with E-state index in [4.69, 9.17) is 21.9 Å². The van der Waals surface area contributed by atoms with Crippen molar-refractivity contribution < 1.29 is 4.52 Å². The lowest BCUT2D eigenvalue weighted by Gasteiger charge is -2.31. The molecule has 1 atom stereocenters. The molecule has 5 nitrogen and oxygen atoms in total. The van der Waals surface area contributed by atoms with E-state index in [1.165, 1.54) is 5.56 Å².